The molecule has 3 rings (SSSR count). The molecule has 0 bridgehead atoms. The Hall–Kier alpha value is -2.37. The zero-order chi connectivity index (χ0) is 17.4. The summed E-state index contributed by atoms with van der Waals surface area (Å²) in [5.41, 5.74) is 2.03. The van der Waals surface area contributed by atoms with Crippen LogP contribution in [-0.4, -0.2) is 21.8 Å². The van der Waals surface area contributed by atoms with Crippen LogP contribution in [-0.2, 0) is 6.54 Å². The Labute approximate surface area is 140 Å². The topological polar surface area (TPSA) is 56.1 Å². The lowest BCUT2D eigenvalue weighted by molar-refractivity contribution is 0.0907. The Morgan fingerprint density at radius 1 is 1.46 bits per heavy atom. The van der Waals surface area contributed by atoms with Crippen LogP contribution >= 0.6 is 0 Å². The summed E-state index contributed by atoms with van der Waals surface area (Å²) in [5, 5.41) is 7.25. The summed E-state index contributed by atoms with van der Waals surface area (Å²) in [6.07, 6.45) is 1.26. The molecule has 1 aliphatic heterocycles. The second-order valence-corrected chi connectivity index (χ2v) is 6.65. The van der Waals surface area contributed by atoms with Crippen molar-refractivity contribution < 1.29 is 13.9 Å². The quantitative estimate of drug-likeness (QED) is 0.936. The number of ether oxygens (including phenoxy) is 1. The van der Waals surface area contributed by atoms with Crippen LogP contribution in [0, 0.1) is 18.7 Å². The molecule has 5 nitrogen and oxygen atoms in total. The van der Waals surface area contributed by atoms with Gasteiger partial charge in [-0.15, -0.1) is 0 Å². The number of fused-ring (bicyclic) bond motifs is 1. The largest absolute Gasteiger partial charge is 0.485 e. The van der Waals surface area contributed by atoms with Gasteiger partial charge < -0.3 is 10.1 Å². The van der Waals surface area contributed by atoms with E-state index < -0.39 is 5.82 Å². The predicted octanol–water partition coefficient (Wildman–Crippen LogP) is 3.24. The van der Waals surface area contributed by atoms with Crippen molar-refractivity contribution in [2.45, 2.75) is 46.4 Å². The van der Waals surface area contributed by atoms with Crippen LogP contribution in [0.15, 0.2) is 24.4 Å². The zero-order valence-electron chi connectivity index (χ0n) is 14.3. The standard InChI is InChI=1S/C18H22FN3O2/c1-10(2)9-22-11(3)14(8-20-22)18(23)21-16-12(4)24-17-13(16)6-5-7-15(17)19/h5-8,10,12,16H,9H2,1-4H3,(H,21,23)/t12-,16-/m1/s1. The number of para-hydroxylation sites is 1. The second-order valence-electron chi connectivity index (χ2n) is 6.65. The van der Waals surface area contributed by atoms with Gasteiger partial charge in [-0.1, -0.05) is 26.0 Å². The van der Waals surface area contributed by atoms with Gasteiger partial charge in [-0.05, 0) is 25.8 Å². The van der Waals surface area contributed by atoms with Crippen molar-refractivity contribution in [3.05, 3.63) is 47.0 Å². The highest BCUT2D eigenvalue weighted by Gasteiger charge is 2.34. The third kappa shape index (κ3) is 2.88. The number of aromatic nitrogens is 2. The van der Waals surface area contributed by atoms with Crippen LogP contribution in [0.3, 0.4) is 0 Å². The van der Waals surface area contributed by atoms with Crippen molar-refractivity contribution in [2.75, 3.05) is 0 Å². The Morgan fingerprint density at radius 3 is 2.92 bits per heavy atom. The van der Waals surface area contributed by atoms with Crippen molar-refractivity contribution in [1.29, 1.82) is 0 Å². The first-order valence-corrected chi connectivity index (χ1v) is 8.16. The predicted molar refractivity (Wildman–Crippen MR) is 88.5 cm³/mol. The van der Waals surface area contributed by atoms with E-state index in [1.807, 2.05) is 18.5 Å². The maximum Gasteiger partial charge on any atom is 0.255 e. The number of benzene rings is 1. The lowest BCUT2D eigenvalue weighted by Crippen LogP contribution is -2.34. The summed E-state index contributed by atoms with van der Waals surface area (Å²) in [6.45, 7) is 8.66. The summed E-state index contributed by atoms with van der Waals surface area (Å²) < 4.78 is 21.2. The Morgan fingerprint density at radius 2 is 2.21 bits per heavy atom. The number of nitrogens with zero attached hydrogens (tertiary/aromatic N) is 2. The van der Waals surface area contributed by atoms with Gasteiger partial charge in [-0.2, -0.15) is 5.10 Å². The number of carbonyl (C=O) groups excluding carboxylic acids is 1. The van der Waals surface area contributed by atoms with Gasteiger partial charge in [0.2, 0.25) is 0 Å². The number of amides is 1. The Balaban J connectivity index is 1.81. The molecule has 0 fully saturated rings. The average Bonchev–Trinajstić information content (AvgIpc) is 3.02. The smallest absolute Gasteiger partial charge is 0.255 e. The van der Waals surface area contributed by atoms with Crippen LogP contribution in [0.1, 0.15) is 48.4 Å². The first-order valence-electron chi connectivity index (χ1n) is 8.16. The fraction of sp³-hybridized carbons (Fsp3) is 0.444. The Bertz CT molecular complexity index is 770. The molecule has 1 N–H and O–H groups in total. The van der Waals surface area contributed by atoms with Crippen molar-refractivity contribution in [3.63, 3.8) is 0 Å². The molecule has 0 saturated carbocycles. The van der Waals surface area contributed by atoms with Gasteiger partial charge in [0.05, 0.1) is 17.8 Å². The van der Waals surface area contributed by atoms with E-state index in [9.17, 15) is 9.18 Å². The normalized spacial score (nSPS) is 19.2. The lowest BCUT2D eigenvalue weighted by atomic mass is 10.0. The minimum absolute atomic E-state index is 0.222. The fourth-order valence-electron chi connectivity index (χ4n) is 3.02. The van der Waals surface area contributed by atoms with Gasteiger partial charge in [0.15, 0.2) is 11.6 Å². The van der Waals surface area contributed by atoms with Crippen LogP contribution in [0.5, 0.6) is 5.75 Å². The number of halogens is 1. The first kappa shape index (κ1) is 16.5. The van der Waals surface area contributed by atoms with Crippen molar-refractivity contribution >= 4 is 5.91 Å². The summed E-state index contributed by atoms with van der Waals surface area (Å²) in [6, 6.07) is 4.38. The third-order valence-electron chi connectivity index (χ3n) is 4.28. The van der Waals surface area contributed by atoms with Gasteiger partial charge in [0.25, 0.3) is 5.91 Å². The van der Waals surface area contributed by atoms with Gasteiger partial charge in [-0.3, -0.25) is 9.48 Å². The van der Waals surface area contributed by atoms with E-state index >= 15 is 0 Å². The molecule has 0 radical (unpaired) electrons. The number of hydrogen-bond acceptors (Lipinski definition) is 3. The monoisotopic (exact) mass is 331 g/mol. The van der Waals surface area contributed by atoms with Crippen molar-refractivity contribution in [2.24, 2.45) is 5.92 Å². The van der Waals surface area contributed by atoms with Crippen LogP contribution < -0.4 is 10.1 Å². The van der Waals surface area contributed by atoms with Crippen molar-refractivity contribution in [1.82, 2.24) is 15.1 Å². The second kappa shape index (κ2) is 6.26. The van der Waals surface area contributed by atoms with Gasteiger partial charge >= 0.3 is 0 Å². The molecule has 2 atom stereocenters. The van der Waals surface area contributed by atoms with E-state index in [-0.39, 0.29) is 23.8 Å². The number of nitrogens with one attached hydrogen (secondary N) is 1. The molecule has 128 valence electrons. The van der Waals surface area contributed by atoms with E-state index in [2.05, 4.69) is 24.3 Å². The van der Waals surface area contributed by atoms with Gasteiger partial charge in [0, 0.05) is 17.8 Å². The summed E-state index contributed by atoms with van der Waals surface area (Å²) >= 11 is 0. The van der Waals surface area contributed by atoms with Crippen LogP contribution in [0.4, 0.5) is 4.39 Å². The number of carbonyl (C=O) groups is 1. The fourth-order valence-corrected chi connectivity index (χ4v) is 3.02. The highest BCUT2D eigenvalue weighted by atomic mass is 19.1. The van der Waals surface area contributed by atoms with Gasteiger partial charge in [0.1, 0.15) is 6.10 Å². The molecule has 24 heavy (non-hydrogen) atoms. The maximum absolute atomic E-state index is 13.8. The number of rotatable bonds is 4. The minimum atomic E-state index is -0.406. The molecule has 1 aromatic heterocycles. The molecule has 6 heteroatoms. The van der Waals surface area contributed by atoms with E-state index in [4.69, 9.17) is 4.74 Å². The maximum atomic E-state index is 13.8. The Kier molecular flexibility index (Phi) is 4.30. The van der Waals surface area contributed by atoms with E-state index in [1.54, 1.807) is 18.3 Å². The highest BCUT2D eigenvalue weighted by molar-refractivity contribution is 5.95. The van der Waals surface area contributed by atoms with E-state index in [0.29, 0.717) is 17.0 Å². The van der Waals surface area contributed by atoms with Crippen LogP contribution in [0.25, 0.3) is 0 Å². The molecular formula is C18H22FN3O2. The van der Waals surface area contributed by atoms with E-state index in [1.165, 1.54) is 6.07 Å². The number of hydrogen-bond donors (Lipinski definition) is 1. The third-order valence-corrected chi connectivity index (χ3v) is 4.28. The zero-order valence-corrected chi connectivity index (χ0v) is 14.3. The molecule has 0 spiro atoms. The van der Waals surface area contributed by atoms with Gasteiger partial charge in [-0.25, -0.2) is 4.39 Å². The van der Waals surface area contributed by atoms with E-state index in [0.717, 1.165) is 12.2 Å². The first-order chi connectivity index (χ1) is 11.4. The lowest BCUT2D eigenvalue weighted by Gasteiger charge is -2.16. The molecule has 2 heterocycles. The SMILES string of the molecule is Cc1c(C(=O)N[C@H]2c3cccc(F)c3O[C@@H]2C)cnn1CC(C)C. The summed E-state index contributed by atoms with van der Waals surface area (Å²) in [4.78, 5) is 12.6. The molecule has 1 amide bonds. The minimum Gasteiger partial charge on any atom is -0.485 e. The van der Waals surface area contributed by atoms with Crippen molar-refractivity contribution in [3.8, 4) is 5.75 Å². The molecule has 0 saturated heterocycles. The molecule has 1 aliphatic rings. The molecule has 2 aromatic rings. The average molecular weight is 331 g/mol. The summed E-state index contributed by atoms with van der Waals surface area (Å²) in [7, 11) is 0. The molecule has 0 aliphatic carbocycles. The molecular weight excluding hydrogens is 309 g/mol. The summed E-state index contributed by atoms with van der Waals surface area (Å²) in [5.74, 6) is 0.0391. The highest BCUT2D eigenvalue weighted by Crippen LogP contribution is 2.38. The molecule has 0 unspecified atom stereocenters. The molecule has 1 aromatic carbocycles. The van der Waals surface area contributed by atoms with Crippen LogP contribution in [0.2, 0.25) is 0 Å².